The number of furan rings is 1. The van der Waals surface area contributed by atoms with Gasteiger partial charge < -0.3 is 8.98 Å². The van der Waals surface area contributed by atoms with Gasteiger partial charge in [-0.25, -0.2) is 0 Å². The smallest absolute Gasteiger partial charge is 0.143 e. The number of hydrogen-bond acceptors (Lipinski definition) is 1. The van der Waals surface area contributed by atoms with Gasteiger partial charge in [-0.1, -0.05) is 78.9 Å². The molecule has 2 nitrogen and oxygen atoms in total. The molecule has 0 fully saturated rings. The number of aromatic nitrogens is 1. The van der Waals surface area contributed by atoms with Crippen molar-refractivity contribution >= 4 is 65.3 Å². The normalized spacial score (nSPS) is 12.1. The third kappa shape index (κ3) is 2.29. The Labute approximate surface area is 195 Å². The van der Waals surface area contributed by atoms with Gasteiger partial charge in [0.2, 0.25) is 0 Å². The molecule has 6 aromatic carbocycles. The lowest BCUT2D eigenvalue weighted by Crippen LogP contribution is -1.94. The molecule has 0 radical (unpaired) electrons. The topological polar surface area (TPSA) is 18.1 Å². The number of rotatable bonds is 1. The van der Waals surface area contributed by atoms with Crippen molar-refractivity contribution < 1.29 is 4.42 Å². The molecule has 8 rings (SSSR count). The summed E-state index contributed by atoms with van der Waals surface area (Å²) in [5.74, 6) is 0. The van der Waals surface area contributed by atoms with Crippen molar-refractivity contribution in [3.8, 4) is 5.69 Å². The Hall–Kier alpha value is -4.56. The van der Waals surface area contributed by atoms with Crippen molar-refractivity contribution in [1.82, 2.24) is 4.57 Å². The van der Waals surface area contributed by atoms with Gasteiger partial charge in [0.15, 0.2) is 0 Å². The molecule has 0 amide bonds. The Bertz CT molecular complexity index is 2070. The maximum Gasteiger partial charge on any atom is 0.143 e. The molecule has 8 aromatic rings. The molecule has 2 aromatic heterocycles. The number of nitrogens with zero attached hydrogens (tertiary/aromatic N) is 1. The predicted molar refractivity (Wildman–Crippen MR) is 143 cm³/mol. The van der Waals surface area contributed by atoms with Crippen LogP contribution in [0.25, 0.3) is 71.0 Å². The lowest BCUT2D eigenvalue weighted by atomic mass is 10.0. The van der Waals surface area contributed by atoms with E-state index in [-0.39, 0.29) is 0 Å². The van der Waals surface area contributed by atoms with E-state index in [0.29, 0.717) is 0 Å². The molecule has 0 saturated heterocycles. The van der Waals surface area contributed by atoms with Crippen molar-refractivity contribution in [1.29, 1.82) is 0 Å². The summed E-state index contributed by atoms with van der Waals surface area (Å²) in [5.41, 5.74) is 5.49. The Morgan fingerprint density at radius 3 is 2.00 bits per heavy atom. The highest BCUT2D eigenvalue weighted by Gasteiger charge is 2.17. The fourth-order valence-corrected chi connectivity index (χ4v) is 5.63. The fraction of sp³-hybridized carbons (Fsp3) is 0. The van der Waals surface area contributed by atoms with E-state index in [4.69, 9.17) is 4.42 Å². The van der Waals surface area contributed by atoms with Crippen LogP contribution in [0.4, 0.5) is 0 Å². The maximum atomic E-state index is 6.38. The van der Waals surface area contributed by atoms with Crippen LogP contribution in [-0.2, 0) is 0 Å². The minimum atomic E-state index is 0.931. The summed E-state index contributed by atoms with van der Waals surface area (Å²) in [5, 5.41) is 9.68. The second kappa shape index (κ2) is 6.49. The molecule has 0 saturated carbocycles. The highest BCUT2D eigenvalue weighted by molar-refractivity contribution is 6.24. The van der Waals surface area contributed by atoms with Crippen molar-refractivity contribution in [3.63, 3.8) is 0 Å². The molecule has 2 heterocycles. The fourth-order valence-electron chi connectivity index (χ4n) is 5.63. The van der Waals surface area contributed by atoms with Crippen LogP contribution in [0.5, 0.6) is 0 Å². The molecule has 0 aliphatic carbocycles. The number of hydrogen-bond donors (Lipinski definition) is 0. The van der Waals surface area contributed by atoms with Gasteiger partial charge in [-0.05, 0) is 47.2 Å². The third-order valence-corrected chi connectivity index (χ3v) is 7.16. The van der Waals surface area contributed by atoms with Gasteiger partial charge in [0.05, 0.1) is 11.0 Å². The molecule has 0 spiro atoms. The van der Waals surface area contributed by atoms with Crippen LogP contribution in [0.3, 0.4) is 0 Å². The zero-order valence-electron chi connectivity index (χ0n) is 18.3. The zero-order chi connectivity index (χ0) is 22.2. The molecule has 0 N–H and O–H groups in total. The number of fused-ring (bicyclic) bond motifs is 10. The quantitative estimate of drug-likeness (QED) is 0.253. The van der Waals surface area contributed by atoms with Gasteiger partial charge in [-0.2, -0.15) is 0 Å². The van der Waals surface area contributed by atoms with Crippen molar-refractivity contribution in [2.45, 2.75) is 0 Å². The molecule has 2 heteroatoms. The van der Waals surface area contributed by atoms with E-state index in [0.717, 1.165) is 27.3 Å². The van der Waals surface area contributed by atoms with E-state index in [1.54, 1.807) is 0 Å². The standard InChI is InChI=1S/C32H19NO/c1-2-8-21-19-22(14-13-20(21)7-1)33-29-11-5-3-9-23(29)25-15-18-28-26(31(25)33)16-17-27-24-10-4-6-12-30(24)34-32(27)28/h1-19H. The lowest BCUT2D eigenvalue weighted by molar-refractivity contribution is 0.672. The Balaban J connectivity index is 1.57. The SMILES string of the molecule is c1ccc2cc(-n3c4ccccc4c4ccc5c(ccc6c7ccccc7oc65)c43)ccc2c1. The van der Waals surface area contributed by atoms with E-state index in [2.05, 4.69) is 108 Å². The maximum absolute atomic E-state index is 6.38. The van der Waals surface area contributed by atoms with E-state index in [1.165, 1.54) is 43.7 Å². The Morgan fingerprint density at radius 2 is 1.12 bits per heavy atom. The molecule has 0 atom stereocenters. The first kappa shape index (κ1) is 17.9. The molecule has 0 bridgehead atoms. The molecule has 0 aliphatic rings. The molecular weight excluding hydrogens is 414 g/mol. The van der Waals surface area contributed by atoms with Gasteiger partial charge in [0, 0.05) is 38.0 Å². The first-order valence-corrected chi connectivity index (χ1v) is 11.6. The van der Waals surface area contributed by atoms with Crippen molar-refractivity contribution in [3.05, 3.63) is 115 Å². The summed E-state index contributed by atoms with van der Waals surface area (Å²) in [4.78, 5) is 0. The van der Waals surface area contributed by atoms with Gasteiger partial charge in [0.25, 0.3) is 0 Å². The van der Waals surface area contributed by atoms with Crippen LogP contribution >= 0.6 is 0 Å². The van der Waals surface area contributed by atoms with Crippen LogP contribution in [0.2, 0.25) is 0 Å². The van der Waals surface area contributed by atoms with Gasteiger partial charge >= 0.3 is 0 Å². The highest BCUT2D eigenvalue weighted by atomic mass is 16.3. The van der Waals surface area contributed by atoms with Crippen LogP contribution in [0, 0.1) is 0 Å². The molecule has 0 aliphatic heterocycles. The van der Waals surface area contributed by atoms with Crippen LogP contribution in [0.1, 0.15) is 0 Å². The summed E-state index contributed by atoms with van der Waals surface area (Å²) < 4.78 is 8.79. The lowest BCUT2D eigenvalue weighted by Gasteiger charge is -2.11. The minimum Gasteiger partial charge on any atom is -0.455 e. The Kier molecular flexibility index (Phi) is 3.42. The summed E-state index contributed by atoms with van der Waals surface area (Å²) in [7, 11) is 0. The largest absolute Gasteiger partial charge is 0.455 e. The first-order chi connectivity index (χ1) is 16.9. The number of benzene rings is 6. The summed E-state index contributed by atoms with van der Waals surface area (Å²) >= 11 is 0. The second-order valence-electron chi connectivity index (χ2n) is 8.98. The van der Waals surface area contributed by atoms with E-state index < -0.39 is 0 Å². The molecule has 158 valence electrons. The minimum absolute atomic E-state index is 0.931. The van der Waals surface area contributed by atoms with Gasteiger partial charge in [-0.3, -0.25) is 0 Å². The van der Waals surface area contributed by atoms with Gasteiger partial charge in [0.1, 0.15) is 11.2 Å². The van der Waals surface area contributed by atoms with E-state index in [9.17, 15) is 0 Å². The van der Waals surface area contributed by atoms with Crippen molar-refractivity contribution in [2.24, 2.45) is 0 Å². The summed E-state index contributed by atoms with van der Waals surface area (Å²) in [6.07, 6.45) is 0. The molecule has 34 heavy (non-hydrogen) atoms. The summed E-state index contributed by atoms with van der Waals surface area (Å²) in [6, 6.07) is 41.2. The van der Waals surface area contributed by atoms with Gasteiger partial charge in [-0.15, -0.1) is 0 Å². The van der Waals surface area contributed by atoms with Crippen LogP contribution < -0.4 is 0 Å². The van der Waals surface area contributed by atoms with Crippen LogP contribution in [0.15, 0.2) is 120 Å². The predicted octanol–water partition coefficient (Wildman–Crippen LogP) is 8.99. The molecular formula is C32H19NO. The highest BCUT2D eigenvalue weighted by Crippen LogP contribution is 2.41. The second-order valence-corrected chi connectivity index (χ2v) is 8.98. The van der Waals surface area contributed by atoms with E-state index in [1.807, 2.05) is 12.1 Å². The number of para-hydroxylation sites is 2. The average molecular weight is 434 g/mol. The Morgan fingerprint density at radius 1 is 0.471 bits per heavy atom. The average Bonchev–Trinajstić information content (AvgIpc) is 3.44. The van der Waals surface area contributed by atoms with Crippen molar-refractivity contribution in [2.75, 3.05) is 0 Å². The monoisotopic (exact) mass is 433 g/mol. The molecule has 0 unspecified atom stereocenters. The zero-order valence-corrected chi connectivity index (χ0v) is 18.3. The van der Waals surface area contributed by atoms with Crippen LogP contribution in [-0.4, -0.2) is 4.57 Å². The van der Waals surface area contributed by atoms with E-state index >= 15 is 0 Å². The third-order valence-electron chi connectivity index (χ3n) is 7.16. The first-order valence-electron chi connectivity index (χ1n) is 11.6. The summed E-state index contributed by atoms with van der Waals surface area (Å²) in [6.45, 7) is 0.